The molecule has 2 aromatic carbocycles. The Labute approximate surface area is 156 Å². The molecule has 0 aliphatic carbocycles. The number of aryl methyl sites for hydroxylation is 1. The Hall–Kier alpha value is -2.86. The van der Waals surface area contributed by atoms with Crippen LogP contribution in [0.3, 0.4) is 0 Å². The maximum atomic E-state index is 12.8. The van der Waals surface area contributed by atoms with Crippen LogP contribution in [0.15, 0.2) is 47.8 Å². The summed E-state index contributed by atoms with van der Waals surface area (Å²) in [6.07, 6.45) is 0. The highest BCUT2D eigenvalue weighted by molar-refractivity contribution is 7.14. The number of carbonyl (C=O) groups is 1. The molecular formula is C20H20N2O3S. The van der Waals surface area contributed by atoms with Crippen LogP contribution < -0.4 is 14.4 Å². The average Bonchev–Trinajstić information content (AvgIpc) is 3.16. The number of rotatable bonds is 5. The summed E-state index contributed by atoms with van der Waals surface area (Å²) < 4.78 is 10.7. The topological polar surface area (TPSA) is 51.7 Å². The highest BCUT2D eigenvalue weighted by Crippen LogP contribution is 2.36. The summed E-state index contributed by atoms with van der Waals surface area (Å²) in [5.41, 5.74) is 3.18. The lowest BCUT2D eigenvalue weighted by atomic mass is 10.1. The lowest BCUT2D eigenvalue weighted by Crippen LogP contribution is -2.26. The van der Waals surface area contributed by atoms with Crippen molar-refractivity contribution in [3.8, 4) is 22.8 Å². The quantitative estimate of drug-likeness (QED) is 0.669. The number of aromatic nitrogens is 1. The molecule has 1 amide bonds. The van der Waals surface area contributed by atoms with E-state index in [2.05, 4.69) is 4.98 Å². The first-order chi connectivity index (χ1) is 12.5. The summed E-state index contributed by atoms with van der Waals surface area (Å²) in [7, 11) is 4.97. The third-order valence-electron chi connectivity index (χ3n) is 4.14. The van der Waals surface area contributed by atoms with Gasteiger partial charge in [-0.15, -0.1) is 11.3 Å². The van der Waals surface area contributed by atoms with Gasteiger partial charge in [0.2, 0.25) is 0 Å². The fourth-order valence-electron chi connectivity index (χ4n) is 2.64. The minimum Gasteiger partial charge on any atom is -0.497 e. The van der Waals surface area contributed by atoms with Crippen LogP contribution in [0.5, 0.6) is 11.5 Å². The summed E-state index contributed by atoms with van der Waals surface area (Å²) in [5, 5.41) is 2.53. The molecule has 3 aromatic rings. The van der Waals surface area contributed by atoms with E-state index in [0.717, 1.165) is 22.6 Å². The molecule has 0 aliphatic heterocycles. The predicted octanol–water partition coefficient (Wildman–Crippen LogP) is 4.41. The molecular weight excluding hydrogens is 348 g/mol. The van der Waals surface area contributed by atoms with E-state index < -0.39 is 0 Å². The van der Waals surface area contributed by atoms with E-state index in [9.17, 15) is 4.79 Å². The van der Waals surface area contributed by atoms with E-state index in [1.807, 2.05) is 54.8 Å². The molecule has 134 valence electrons. The van der Waals surface area contributed by atoms with Crippen LogP contribution in [0.2, 0.25) is 0 Å². The van der Waals surface area contributed by atoms with Gasteiger partial charge in [-0.05, 0) is 36.8 Å². The van der Waals surface area contributed by atoms with Crippen molar-refractivity contribution in [2.75, 3.05) is 26.2 Å². The number of benzene rings is 2. The number of thiazole rings is 1. The molecule has 0 unspecified atom stereocenters. The Morgan fingerprint density at radius 1 is 1.12 bits per heavy atom. The van der Waals surface area contributed by atoms with E-state index in [-0.39, 0.29) is 5.91 Å². The molecule has 0 spiro atoms. The summed E-state index contributed by atoms with van der Waals surface area (Å²) in [5.74, 6) is 1.34. The van der Waals surface area contributed by atoms with Crippen molar-refractivity contribution in [3.63, 3.8) is 0 Å². The van der Waals surface area contributed by atoms with Gasteiger partial charge in [-0.2, -0.15) is 0 Å². The van der Waals surface area contributed by atoms with Gasteiger partial charge in [-0.1, -0.05) is 18.2 Å². The maximum Gasteiger partial charge on any atom is 0.260 e. The number of anilines is 1. The molecule has 0 aliphatic rings. The first kappa shape index (κ1) is 17.9. The predicted molar refractivity (Wildman–Crippen MR) is 105 cm³/mol. The second kappa shape index (κ2) is 7.58. The average molecular weight is 368 g/mol. The van der Waals surface area contributed by atoms with Crippen molar-refractivity contribution >= 4 is 22.4 Å². The molecule has 1 aromatic heterocycles. The molecule has 0 fully saturated rings. The second-order valence-corrected chi connectivity index (χ2v) is 6.60. The highest BCUT2D eigenvalue weighted by atomic mass is 32.1. The van der Waals surface area contributed by atoms with Gasteiger partial charge in [-0.25, -0.2) is 4.98 Å². The van der Waals surface area contributed by atoms with Crippen molar-refractivity contribution in [2.45, 2.75) is 6.92 Å². The van der Waals surface area contributed by atoms with Gasteiger partial charge in [0.1, 0.15) is 11.5 Å². The number of hydrogen-bond acceptors (Lipinski definition) is 5. The minimum absolute atomic E-state index is 0.0818. The molecule has 0 N–H and O–H groups in total. The van der Waals surface area contributed by atoms with Crippen LogP contribution in [-0.4, -0.2) is 32.2 Å². The van der Waals surface area contributed by atoms with Gasteiger partial charge in [-0.3, -0.25) is 9.69 Å². The Kier molecular flexibility index (Phi) is 5.23. The van der Waals surface area contributed by atoms with Gasteiger partial charge >= 0.3 is 0 Å². The second-order valence-electron chi connectivity index (χ2n) is 5.76. The zero-order valence-electron chi connectivity index (χ0n) is 15.1. The first-order valence-corrected chi connectivity index (χ1v) is 8.94. The van der Waals surface area contributed by atoms with Crippen molar-refractivity contribution < 1.29 is 14.3 Å². The van der Waals surface area contributed by atoms with Crippen LogP contribution >= 0.6 is 11.3 Å². The molecule has 6 heteroatoms. The number of carbonyl (C=O) groups excluding carboxylic acids is 1. The third kappa shape index (κ3) is 3.41. The number of ether oxygens (including phenoxy) is 2. The smallest absolute Gasteiger partial charge is 0.260 e. The molecule has 3 rings (SSSR count). The van der Waals surface area contributed by atoms with Gasteiger partial charge in [0, 0.05) is 23.6 Å². The molecule has 0 saturated carbocycles. The van der Waals surface area contributed by atoms with Crippen LogP contribution in [0.4, 0.5) is 5.13 Å². The molecule has 0 saturated heterocycles. The van der Waals surface area contributed by atoms with Crippen molar-refractivity contribution in [2.24, 2.45) is 0 Å². The molecule has 0 bridgehead atoms. The molecule has 0 atom stereocenters. The lowest BCUT2D eigenvalue weighted by molar-refractivity contribution is 0.0992. The maximum absolute atomic E-state index is 12.8. The first-order valence-electron chi connectivity index (χ1n) is 8.06. The van der Waals surface area contributed by atoms with Crippen LogP contribution in [0.25, 0.3) is 11.3 Å². The SMILES string of the molecule is COc1ccc(OC)c(-c2csc(N(C)C(=O)c3ccccc3C)n2)c1. The van der Waals surface area contributed by atoms with Gasteiger partial charge < -0.3 is 9.47 Å². The summed E-state index contributed by atoms with van der Waals surface area (Å²) in [6.45, 7) is 1.93. The van der Waals surface area contributed by atoms with E-state index in [0.29, 0.717) is 16.4 Å². The standard InChI is InChI=1S/C20H20N2O3S/c1-13-7-5-6-8-15(13)19(23)22(2)20-21-17(12-26-20)16-11-14(24-3)9-10-18(16)25-4/h5-12H,1-4H3. The fourth-order valence-corrected chi connectivity index (χ4v) is 3.43. The summed E-state index contributed by atoms with van der Waals surface area (Å²) >= 11 is 1.41. The molecule has 1 heterocycles. The Balaban J connectivity index is 1.93. The van der Waals surface area contributed by atoms with Crippen molar-refractivity contribution in [1.29, 1.82) is 0 Å². The number of amides is 1. The Morgan fingerprint density at radius 2 is 1.88 bits per heavy atom. The van der Waals surface area contributed by atoms with Crippen molar-refractivity contribution in [3.05, 3.63) is 59.0 Å². The van der Waals surface area contributed by atoms with Gasteiger partial charge in [0.15, 0.2) is 5.13 Å². The largest absolute Gasteiger partial charge is 0.497 e. The Bertz CT molecular complexity index is 936. The van der Waals surface area contributed by atoms with Gasteiger partial charge in [0.25, 0.3) is 5.91 Å². The van der Waals surface area contributed by atoms with Crippen LogP contribution in [0.1, 0.15) is 15.9 Å². The monoisotopic (exact) mass is 368 g/mol. The van der Waals surface area contributed by atoms with Gasteiger partial charge in [0.05, 0.1) is 19.9 Å². The van der Waals surface area contributed by atoms with Crippen LogP contribution in [0, 0.1) is 6.92 Å². The van der Waals surface area contributed by atoms with Crippen molar-refractivity contribution in [1.82, 2.24) is 4.98 Å². The normalized spacial score (nSPS) is 10.5. The molecule has 5 nitrogen and oxygen atoms in total. The molecule has 26 heavy (non-hydrogen) atoms. The lowest BCUT2D eigenvalue weighted by Gasteiger charge is -2.15. The number of methoxy groups -OCH3 is 2. The zero-order chi connectivity index (χ0) is 18.7. The number of hydrogen-bond donors (Lipinski definition) is 0. The third-order valence-corrected chi connectivity index (χ3v) is 5.06. The van der Waals surface area contributed by atoms with E-state index >= 15 is 0 Å². The highest BCUT2D eigenvalue weighted by Gasteiger charge is 2.19. The summed E-state index contributed by atoms with van der Waals surface area (Å²) in [4.78, 5) is 19.0. The Morgan fingerprint density at radius 3 is 2.58 bits per heavy atom. The van der Waals surface area contributed by atoms with E-state index in [4.69, 9.17) is 9.47 Å². The summed E-state index contributed by atoms with van der Waals surface area (Å²) in [6, 6.07) is 13.1. The van der Waals surface area contributed by atoms with Crippen LogP contribution in [-0.2, 0) is 0 Å². The van der Waals surface area contributed by atoms with E-state index in [1.165, 1.54) is 11.3 Å². The zero-order valence-corrected chi connectivity index (χ0v) is 16.0. The minimum atomic E-state index is -0.0818. The number of nitrogens with zero attached hydrogens (tertiary/aromatic N) is 2. The molecule has 0 radical (unpaired) electrons. The van der Waals surface area contributed by atoms with E-state index in [1.54, 1.807) is 26.2 Å². The fraction of sp³-hybridized carbons (Fsp3) is 0.200.